The molecule has 1 atom stereocenters. The van der Waals surface area contributed by atoms with Gasteiger partial charge in [0.05, 0.1) is 5.92 Å². The quantitative estimate of drug-likeness (QED) is 0.848. The van der Waals surface area contributed by atoms with Crippen molar-refractivity contribution < 1.29 is 14.0 Å². The largest absolute Gasteiger partial charge is 0.296 e. The SMILES string of the molecule is CC(C)c1cc(F)c(C2CCC(=O)NC2=O)c(Cl)c1. The molecule has 19 heavy (non-hydrogen) atoms. The van der Waals surface area contributed by atoms with Gasteiger partial charge in [-0.15, -0.1) is 0 Å². The van der Waals surface area contributed by atoms with E-state index in [-0.39, 0.29) is 28.8 Å². The maximum Gasteiger partial charge on any atom is 0.234 e. The van der Waals surface area contributed by atoms with E-state index in [1.54, 1.807) is 6.07 Å². The normalized spacial score (nSPS) is 19.7. The number of carbonyl (C=O) groups excluding carboxylic acids is 2. The molecule has 1 aromatic carbocycles. The second-order valence-corrected chi connectivity index (χ2v) is 5.46. The lowest BCUT2D eigenvalue weighted by Gasteiger charge is -2.23. The van der Waals surface area contributed by atoms with Crippen molar-refractivity contribution in [2.45, 2.75) is 38.5 Å². The lowest BCUT2D eigenvalue weighted by molar-refractivity contribution is -0.134. The smallest absolute Gasteiger partial charge is 0.234 e. The topological polar surface area (TPSA) is 46.2 Å². The van der Waals surface area contributed by atoms with Gasteiger partial charge in [-0.3, -0.25) is 14.9 Å². The van der Waals surface area contributed by atoms with E-state index >= 15 is 0 Å². The summed E-state index contributed by atoms with van der Waals surface area (Å²) < 4.78 is 14.2. The highest BCUT2D eigenvalue weighted by Crippen LogP contribution is 2.34. The first-order valence-corrected chi connectivity index (χ1v) is 6.60. The maximum absolute atomic E-state index is 14.2. The number of hydrogen-bond donors (Lipinski definition) is 1. The van der Waals surface area contributed by atoms with Crippen molar-refractivity contribution >= 4 is 23.4 Å². The standard InChI is InChI=1S/C14H15ClFNO2/c1-7(2)8-5-10(15)13(11(16)6-8)9-3-4-12(18)17-14(9)19/h5-7,9H,3-4H2,1-2H3,(H,17,18,19). The molecule has 1 saturated heterocycles. The number of benzene rings is 1. The Morgan fingerprint density at radius 2 is 2.05 bits per heavy atom. The summed E-state index contributed by atoms with van der Waals surface area (Å²) in [6.07, 6.45) is 0.500. The van der Waals surface area contributed by atoms with Crippen LogP contribution >= 0.6 is 11.6 Å². The molecule has 1 aliphatic rings. The monoisotopic (exact) mass is 283 g/mol. The van der Waals surface area contributed by atoms with Crippen LogP contribution in [0, 0.1) is 5.82 Å². The van der Waals surface area contributed by atoms with Crippen molar-refractivity contribution in [3.8, 4) is 0 Å². The zero-order valence-electron chi connectivity index (χ0n) is 10.8. The van der Waals surface area contributed by atoms with Gasteiger partial charge in [0.1, 0.15) is 5.82 Å². The Bertz CT molecular complexity index is 519. The van der Waals surface area contributed by atoms with Gasteiger partial charge in [-0.05, 0) is 30.0 Å². The second kappa shape index (κ2) is 5.29. The lowest BCUT2D eigenvalue weighted by Crippen LogP contribution is -2.39. The summed E-state index contributed by atoms with van der Waals surface area (Å²) in [6, 6.07) is 3.10. The molecule has 0 bridgehead atoms. The minimum absolute atomic E-state index is 0.155. The maximum atomic E-state index is 14.2. The van der Waals surface area contributed by atoms with E-state index in [1.807, 2.05) is 13.8 Å². The number of hydrogen-bond acceptors (Lipinski definition) is 2. The molecule has 5 heteroatoms. The van der Waals surface area contributed by atoms with Crippen LogP contribution < -0.4 is 5.32 Å². The summed E-state index contributed by atoms with van der Waals surface area (Å²) in [7, 11) is 0. The van der Waals surface area contributed by atoms with Crippen molar-refractivity contribution in [1.82, 2.24) is 5.32 Å². The Morgan fingerprint density at radius 3 is 2.58 bits per heavy atom. The van der Waals surface area contributed by atoms with E-state index in [1.165, 1.54) is 6.07 Å². The Morgan fingerprint density at radius 1 is 1.37 bits per heavy atom. The van der Waals surface area contributed by atoms with Gasteiger partial charge < -0.3 is 0 Å². The average Bonchev–Trinajstić information content (AvgIpc) is 2.30. The van der Waals surface area contributed by atoms with Crippen LogP contribution in [0.4, 0.5) is 4.39 Å². The molecular weight excluding hydrogens is 269 g/mol. The molecule has 1 aliphatic heterocycles. The fourth-order valence-electron chi connectivity index (χ4n) is 2.24. The van der Waals surface area contributed by atoms with E-state index in [0.29, 0.717) is 6.42 Å². The van der Waals surface area contributed by atoms with E-state index in [2.05, 4.69) is 5.32 Å². The number of imide groups is 1. The second-order valence-electron chi connectivity index (χ2n) is 5.06. The molecule has 0 saturated carbocycles. The first-order valence-electron chi connectivity index (χ1n) is 6.22. The van der Waals surface area contributed by atoms with Crippen LogP contribution in [0.5, 0.6) is 0 Å². The molecule has 0 radical (unpaired) electrons. The Kier molecular flexibility index (Phi) is 3.90. The summed E-state index contributed by atoms with van der Waals surface area (Å²) in [5, 5.41) is 2.46. The van der Waals surface area contributed by atoms with Crippen molar-refractivity contribution in [1.29, 1.82) is 0 Å². The van der Waals surface area contributed by atoms with Crippen LogP contribution in [0.3, 0.4) is 0 Å². The van der Waals surface area contributed by atoms with Gasteiger partial charge in [-0.2, -0.15) is 0 Å². The minimum atomic E-state index is -0.689. The molecule has 1 aromatic rings. The van der Waals surface area contributed by atoms with Crippen molar-refractivity contribution in [3.63, 3.8) is 0 Å². The molecule has 1 N–H and O–H groups in total. The average molecular weight is 284 g/mol. The van der Waals surface area contributed by atoms with Gasteiger partial charge in [0.25, 0.3) is 0 Å². The molecule has 0 aliphatic carbocycles. The predicted molar refractivity (Wildman–Crippen MR) is 70.6 cm³/mol. The molecule has 2 rings (SSSR count). The van der Waals surface area contributed by atoms with Gasteiger partial charge in [0.15, 0.2) is 0 Å². The third-order valence-corrected chi connectivity index (χ3v) is 3.67. The molecule has 0 spiro atoms. The predicted octanol–water partition coefficient (Wildman–Crippen LogP) is 3.12. The summed E-state index contributed by atoms with van der Waals surface area (Å²) >= 11 is 6.11. The number of amides is 2. The van der Waals surface area contributed by atoms with Crippen molar-refractivity contribution in [2.24, 2.45) is 0 Å². The first-order chi connectivity index (χ1) is 8.90. The van der Waals surface area contributed by atoms with Crippen LogP contribution in [0.15, 0.2) is 12.1 Å². The van der Waals surface area contributed by atoms with E-state index < -0.39 is 17.6 Å². The summed E-state index contributed by atoms with van der Waals surface area (Å²) in [4.78, 5) is 22.9. The number of carbonyl (C=O) groups is 2. The minimum Gasteiger partial charge on any atom is -0.296 e. The number of nitrogens with one attached hydrogen (secondary N) is 1. The molecule has 1 heterocycles. The third kappa shape index (κ3) is 2.78. The van der Waals surface area contributed by atoms with Gasteiger partial charge >= 0.3 is 0 Å². The molecule has 102 valence electrons. The fraction of sp³-hybridized carbons (Fsp3) is 0.429. The molecule has 1 fully saturated rings. The molecule has 2 amide bonds. The van der Waals surface area contributed by atoms with Gasteiger partial charge in [-0.25, -0.2) is 4.39 Å². The zero-order valence-corrected chi connectivity index (χ0v) is 11.6. The lowest BCUT2D eigenvalue weighted by atomic mass is 9.88. The van der Waals surface area contributed by atoms with Crippen LogP contribution in [-0.4, -0.2) is 11.8 Å². The molecule has 0 aromatic heterocycles. The van der Waals surface area contributed by atoms with Crippen molar-refractivity contribution in [3.05, 3.63) is 34.1 Å². The van der Waals surface area contributed by atoms with Gasteiger partial charge in [0, 0.05) is 17.0 Å². The van der Waals surface area contributed by atoms with Crippen LogP contribution in [0.1, 0.15) is 49.7 Å². The summed E-state index contributed by atoms with van der Waals surface area (Å²) in [6.45, 7) is 3.88. The molecule has 3 nitrogen and oxygen atoms in total. The molecular formula is C14H15ClFNO2. The van der Waals surface area contributed by atoms with E-state index in [4.69, 9.17) is 11.6 Å². The van der Waals surface area contributed by atoms with Gasteiger partial charge in [0.2, 0.25) is 11.8 Å². The zero-order chi connectivity index (χ0) is 14.2. The summed E-state index contributed by atoms with van der Waals surface area (Å²) in [5.74, 6) is -1.81. The highest BCUT2D eigenvalue weighted by atomic mass is 35.5. The Labute approximate surface area is 116 Å². The third-order valence-electron chi connectivity index (χ3n) is 3.36. The fourth-order valence-corrected chi connectivity index (χ4v) is 2.59. The van der Waals surface area contributed by atoms with Crippen LogP contribution in [-0.2, 0) is 9.59 Å². The number of rotatable bonds is 2. The number of piperidine rings is 1. The van der Waals surface area contributed by atoms with Crippen molar-refractivity contribution in [2.75, 3.05) is 0 Å². The Hall–Kier alpha value is -1.42. The Balaban J connectivity index is 2.40. The highest BCUT2D eigenvalue weighted by Gasteiger charge is 2.31. The van der Waals surface area contributed by atoms with Gasteiger partial charge in [-0.1, -0.05) is 25.4 Å². The number of halogens is 2. The first kappa shape index (κ1) is 14.0. The molecule has 1 unspecified atom stereocenters. The van der Waals surface area contributed by atoms with Crippen LogP contribution in [0.2, 0.25) is 5.02 Å². The van der Waals surface area contributed by atoms with Crippen LogP contribution in [0.25, 0.3) is 0 Å². The van der Waals surface area contributed by atoms with E-state index in [9.17, 15) is 14.0 Å². The highest BCUT2D eigenvalue weighted by molar-refractivity contribution is 6.31. The summed E-state index contributed by atoms with van der Waals surface area (Å²) in [5.41, 5.74) is 0.981. The van der Waals surface area contributed by atoms with E-state index in [0.717, 1.165) is 5.56 Å².